The molecule has 0 aliphatic heterocycles. The number of phenolic OH excluding ortho intramolecular Hbond substituents is 1. The highest BCUT2D eigenvalue weighted by molar-refractivity contribution is 6.01. The molecule has 1 fully saturated rings. The van der Waals surface area contributed by atoms with Crippen molar-refractivity contribution in [3.05, 3.63) is 381 Å². The van der Waals surface area contributed by atoms with Gasteiger partial charge in [0.05, 0.1) is 21.3 Å². The van der Waals surface area contributed by atoms with Gasteiger partial charge in [-0.15, -0.1) is 0 Å². The van der Waals surface area contributed by atoms with Crippen LogP contribution in [-0.4, -0.2) is 102 Å². The van der Waals surface area contributed by atoms with E-state index in [2.05, 4.69) is 55.7 Å². The number of methoxy groups -OCH3 is 3. The first-order valence-electron chi connectivity index (χ1n) is 42.2. The predicted octanol–water partition coefficient (Wildman–Crippen LogP) is 25.4. The van der Waals surface area contributed by atoms with E-state index in [1.807, 2.05) is 116 Å². The molecule has 19 nitrogen and oxygen atoms in total. The molecule has 0 bridgehead atoms. The SMILES string of the molecule is CC(=O)Nc1ccc(C=O)cc1.CC(=O)Nc1cccc(C(C)=O)c1.CC(=O)c1ccc(-c2ccccc2)cc1.CC(=O)c1ccc(C(C)(C)C)cc1.CC(=O)c1ccc(C)cc1.CC(=O)c1ccc(C2CCCCC2)cc1.CC(=O)c1cccc(C(C)=O)c1.COc1ccc(C(C)=O)cc1.COc1ccc(C(C)=O)cc1.COc1ccc(C(C)=O)cc1.Oc1ccccc1. The number of para-hydroxylation sites is 1. The van der Waals surface area contributed by atoms with Gasteiger partial charge < -0.3 is 30.0 Å². The molecule has 130 heavy (non-hydrogen) atoms. The highest BCUT2D eigenvalue weighted by Crippen LogP contribution is 2.33. The number of amides is 2. The first-order valence-corrected chi connectivity index (χ1v) is 42.2. The number of anilines is 2. The Morgan fingerprint density at radius 1 is 0.308 bits per heavy atom. The number of hydrogen-bond donors (Lipinski definition) is 3. The quantitative estimate of drug-likeness (QED) is 0.0531. The van der Waals surface area contributed by atoms with Gasteiger partial charge in [-0.3, -0.25) is 62.3 Å². The van der Waals surface area contributed by atoms with Crippen molar-refractivity contribution in [3.8, 4) is 34.1 Å². The minimum Gasteiger partial charge on any atom is -0.508 e. The number of aldehydes is 1. The van der Waals surface area contributed by atoms with E-state index in [0.29, 0.717) is 56.1 Å². The smallest absolute Gasteiger partial charge is 0.221 e. The van der Waals surface area contributed by atoms with Crippen LogP contribution in [0.4, 0.5) is 11.4 Å². The van der Waals surface area contributed by atoms with E-state index in [1.165, 1.54) is 89.0 Å². The minimum atomic E-state index is -0.138. The Morgan fingerprint density at radius 3 is 0.908 bits per heavy atom. The summed E-state index contributed by atoms with van der Waals surface area (Å²) in [5.41, 5.74) is 15.4. The third kappa shape index (κ3) is 44.3. The Kier molecular flexibility index (Phi) is 49.8. The molecule has 3 N–H and O–H groups in total. The lowest BCUT2D eigenvalue weighted by atomic mass is 9.84. The summed E-state index contributed by atoms with van der Waals surface area (Å²) in [5.74, 6) is 3.83. The molecule has 12 aromatic carbocycles. The minimum absolute atomic E-state index is 0.00722. The van der Waals surface area contributed by atoms with Crippen molar-refractivity contribution in [3.63, 3.8) is 0 Å². The molecule has 13 rings (SSSR count). The van der Waals surface area contributed by atoms with E-state index in [1.54, 1.807) is 240 Å². The number of aryl methyl sites for hydroxylation is 1. The molecule has 2 amide bonds. The van der Waals surface area contributed by atoms with Gasteiger partial charge in [0.25, 0.3) is 0 Å². The first kappa shape index (κ1) is 109. The number of nitrogens with one attached hydrogen (secondary N) is 2. The topological polar surface area (TPSA) is 294 Å². The second kappa shape index (κ2) is 59.2. The van der Waals surface area contributed by atoms with Crippen LogP contribution in [0.2, 0.25) is 0 Å². The average Bonchev–Trinajstić information content (AvgIpc) is 0.859. The summed E-state index contributed by atoms with van der Waals surface area (Å²) in [6.45, 7) is 26.8. The Hall–Kier alpha value is -14.9. The number of carbonyl (C=O) groups is 13. The van der Waals surface area contributed by atoms with Gasteiger partial charge >= 0.3 is 0 Å². The van der Waals surface area contributed by atoms with Crippen LogP contribution in [0.3, 0.4) is 0 Å². The van der Waals surface area contributed by atoms with Crippen molar-refractivity contribution in [2.24, 2.45) is 0 Å². The summed E-state index contributed by atoms with van der Waals surface area (Å²) in [4.78, 5) is 141. The molecule has 0 unspecified atom stereocenters. The average molecular weight is 1760 g/mol. The number of ether oxygens (including phenoxy) is 3. The normalized spacial score (nSPS) is 10.5. The van der Waals surface area contributed by atoms with E-state index in [-0.39, 0.29) is 75.1 Å². The molecule has 1 aliphatic carbocycles. The van der Waals surface area contributed by atoms with Crippen LogP contribution in [0.25, 0.3) is 11.1 Å². The molecular formula is C111H122N2O17. The number of phenols is 1. The number of rotatable bonds is 18. The maximum absolute atomic E-state index is 11.1. The lowest BCUT2D eigenvalue weighted by Gasteiger charge is -2.21. The summed E-state index contributed by atoms with van der Waals surface area (Å²) in [7, 11) is 4.80. The van der Waals surface area contributed by atoms with Gasteiger partial charge in [0.2, 0.25) is 11.8 Å². The first-order chi connectivity index (χ1) is 61.7. The summed E-state index contributed by atoms with van der Waals surface area (Å²) in [6.07, 6.45) is 7.51. The molecule has 0 saturated heterocycles. The van der Waals surface area contributed by atoms with Crippen LogP contribution < -0.4 is 24.8 Å². The summed E-state index contributed by atoms with van der Waals surface area (Å²) >= 11 is 0. The van der Waals surface area contributed by atoms with Crippen molar-refractivity contribution in [1.29, 1.82) is 0 Å². The Labute approximate surface area is 766 Å². The van der Waals surface area contributed by atoms with Crippen LogP contribution in [0, 0.1) is 6.92 Å². The number of benzene rings is 12. The number of hydrogen-bond acceptors (Lipinski definition) is 17. The molecule has 0 heterocycles. The summed E-state index contributed by atoms with van der Waals surface area (Å²) in [6, 6.07) is 91.5. The van der Waals surface area contributed by atoms with Crippen molar-refractivity contribution >= 4 is 87.3 Å². The van der Waals surface area contributed by atoms with E-state index < -0.39 is 0 Å². The zero-order chi connectivity index (χ0) is 96.8. The van der Waals surface area contributed by atoms with Crippen LogP contribution in [0.1, 0.15) is 273 Å². The highest BCUT2D eigenvalue weighted by Gasteiger charge is 2.17. The number of carbonyl (C=O) groups excluding carboxylic acids is 13. The molecule has 0 atom stereocenters. The molecule has 19 heteroatoms. The fraction of sp³-hybridized carbons (Fsp3) is 0.234. The number of aromatic hydroxyl groups is 1. The molecule has 1 saturated carbocycles. The second-order valence-electron chi connectivity index (χ2n) is 30.9. The lowest BCUT2D eigenvalue weighted by Crippen LogP contribution is -2.10. The Bertz CT molecular complexity index is 5400. The zero-order valence-electron chi connectivity index (χ0n) is 78.0. The van der Waals surface area contributed by atoms with Gasteiger partial charge in [0.15, 0.2) is 57.8 Å². The van der Waals surface area contributed by atoms with E-state index >= 15 is 0 Å². The molecular weight excluding hydrogens is 1630 g/mol. The summed E-state index contributed by atoms with van der Waals surface area (Å²) < 4.78 is 14.8. The van der Waals surface area contributed by atoms with Crippen LogP contribution in [-0.2, 0) is 15.0 Å². The fourth-order valence-electron chi connectivity index (χ4n) is 11.7. The van der Waals surface area contributed by atoms with E-state index in [4.69, 9.17) is 19.3 Å². The standard InChI is InChI=1S/C14H18O.C14H12O.C12H16O.C10H11NO2.C10H10O2.C9H9NO2.3C9H10O2.C9H10O.C6H6O/c2*1-11(15)12-7-9-14(10-8-12)13-5-3-2-4-6-13;1-9(13)10-5-7-11(8-6-10)12(2,3)4;1-7(12)9-4-3-5-10(6-9)11-8(2)13;1-7(11)9-4-3-5-10(6-9)8(2)12;1-7(12)10-9-4-2-8(6-11)3-5-9;3*1-7(10)8-3-5-9(11-2)6-4-8;1-7-3-5-9(6-4-7)8(2)10;7-6-4-2-1-3-5-6/h7-10,13H,2-6H2,1H3;2-10H,1H3;5-8H,1-4H3;3-6H,1-2H3,(H,11,13);3-6H,1-2H3;2-6H,1H3,(H,10,12);3*3-6H,1-2H3;3-6H,1-2H3;1-5,7H. The second-order valence-corrected chi connectivity index (χ2v) is 30.9. The third-order valence-corrected chi connectivity index (χ3v) is 19.3. The maximum Gasteiger partial charge on any atom is 0.221 e. The number of ketones is 10. The number of Topliss-reactive ketones (excluding diaryl/α,β-unsaturated/α-hetero) is 10. The lowest BCUT2D eigenvalue weighted by molar-refractivity contribution is -0.115. The third-order valence-electron chi connectivity index (χ3n) is 19.3. The van der Waals surface area contributed by atoms with Crippen molar-refractivity contribution in [1.82, 2.24) is 0 Å². The molecule has 12 aromatic rings. The Morgan fingerprint density at radius 2 is 0.600 bits per heavy atom. The van der Waals surface area contributed by atoms with E-state index in [0.717, 1.165) is 57.3 Å². The van der Waals surface area contributed by atoms with Gasteiger partial charge in [0, 0.05) is 86.4 Å². The van der Waals surface area contributed by atoms with Crippen LogP contribution in [0.15, 0.2) is 303 Å². The van der Waals surface area contributed by atoms with E-state index in [9.17, 15) is 62.3 Å². The molecule has 0 aromatic heterocycles. The van der Waals surface area contributed by atoms with Crippen molar-refractivity contribution in [2.45, 2.75) is 154 Å². The van der Waals surface area contributed by atoms with Gasteiger partial charge in [-0.05, 0) is 250 Å². The predicted molar refractivity (Wildman–Crippen MR) is 521 cm³/mol. The zero-order valence-corrected chi connectivity index (χ0v) is 78.0. The van der Waals surface area contributed by atoms with Gasteiger partial charge in [-0.25, -0.2) is 0 Å². The van der Waals surface area contributed by atoms with Crippen molar-refractivity contribution in [2.75, 3.05) is 32.0 Å². The van der Waals surface area contributed by atoms with Gasteiger partial charge in [-0.1, -0.05) is 222 Å². The molecule has 0 radical (unpaired) electrons. The largest absolute Gasteiger partial charge is 0.508 e. The molecule has 0 spiro atoms. The fourth-order valence-corrected chi connectivity index (χ4v) is 11.7. The van der Waals surface area contributed by atoms with Gasteiger partial charge in [-0.2, -0.15) is 0 Å². The monoisotopic (exact) mass is 1750 g/mol. The van der Waals surface area contributed by atoms with Crippen molar-refractivity contribution < 1.29 is 81.6 Å². The highest BCUT2D eigenvalue weighted by atomic mass is 16.5. The Balaban J connectivity index is 0.000000370. The maximum atomic E-state index is 11.1. The van der Waals surface area contributed by atoms with Crippen LogP contribution >= 0.6 is 0 Å². The summed E-state index contributed by atoms with van der Waals surface area (Å²) in [5, 5.41) is 13.8. The van der Waals surface area contributed by atoms with Gasteiger partial charge in [0.1, 0.15) is 29.3 Å². The van der Waals surface area contributed by atoms with Crippen LogP contribution in [0.5, 0.6) is 23.0 Å². The molecule has 678 valence electrons. The molecule has 1 aliphatic rings.